The van der Waals surface area contributed by atoms with Crippen molar-refractivity contribution in [3.05, 3.63) is 0 Å². The average molecular weight is 113 g/mol. The van der Waals surface area contributed by atoms with Gasteiger partial charge >= 0.3 is 29.6 Å². The van der Waals surface area contributed by atoms with Crippen molar-refractivity contribution in [2.45, 2.75) is 0 Å². The molecule has 0 saturated heterocycles. The van der Waals surface area contributed by atoms with Crippen LogP contribution in [0.4, 0.5) is 0 Å². The Bertz CT molecular complexity index is 11.7. The Balaban J connectivity index is 0. The molecule has 0 saturated carbocycles. The molecule has 6 heteroatoms. The summed E-state index contributed by atoms with van der Waals surface area (Å²) in [5.74, 6) is 0. The second kappa shape index (κ2) is 209. The van der Waals surface area contributed by atoms with Crippen molar-refractivity contribution >= 4 is 0 Å². The van der Waals surface area contributed by atoms with Crippen molar-refractivity contribution in [2.75, 3.05) is 0 Å². The van der Waals surface area contributed by atoms with Crippen LogP contribution in [0.1, 0.15) is 1.43 Å². The minimum Gasteiger partial charge on any atom is -1.00 e. The largest absolute Gasteiger partial charge is 1.00 e. The van der Waals surface area contributed by atoms with E-state index in [4.69, 9.17) is 0 Å². The molecule has 42 valence electrons. The fourth-order valence-electron chi connectivity index (χ4n) is 0. The first-order valence-corrected chi connectivity index (χ1v) is 0. The number of hydrogen-bond acceptors (Lipinski definition) is 1. The first-order chi connectivity index (χ1) is 0. The minimum atomic E-state index is 0. The molecule has 0 spiro atoms. The van der Waals surface area contributed by atoms with Gasteiger partial charge in [0.15, 0.2) is 0 Å². The Morgan fingerprint density at radius 1 is 0.667 bits per heavy atom. The Hall–Kier alpha value is 0.800. The molecule has 0 rings (SSSR count). The smallest absolute Gasteiger partial charge is 1.00 e. The van der Waals surface area contributed by atoms with Crippen molar-refractivity contribution < 1.29 is 52.9 Å². The summed E-state index contributed by atoms with van der Waals surface area (Å²) in [4.78, 5) is 0. The van der Waals surface area contributed by atoms with Crippen molar-refractivity contribution in [3.63, 3.8) is 0 Å². The molecule has 0 aromatic rings. The maximum absolute atomic E-state index is 0. The molecule has 5 nitrogen and oxygen atoms in total. The van der Waals surface area contributed by atoms with E-state index in [1.807, 2.05) is 0 Å². The third-order valence-corrected chi connectivity index (χ3v) is 0. The Kier molecular flexibility index (Phi) is 12400. The predicted molar refractivity (Wildman–Crippen MR) is 20.6 cm³/mol. The van der Waals surface area contributed by atoms with Gasteiger partial charge in [-0.15, -0.1) is 0 Å². The predicted octanol–water partition coefficient (Wildman–Crippen LogP) is -6.02. The molecule has 0 aromatic heterocycles. The Labute approximate surface area is 59.3 Å². The first kappa shape index (κ1) is 357. The zero-order valence-electron chi connectivity index (χ0n) is 4.71. The molecule has 0 aliphatic carbocycles. The average Bonchev–Trinajstić information content (AvgIpc) is 0. The topological polar surface area (TPSA) is 161 Å². The summed E-state index contributed by atoms with van der Waals surface area (Å²) in [7, 11) is 0. The molecule has 0 amide bonds. The van der Waals surface area contributed by atoms with E-state index in [0.717, 1.165) is 0 Å². The van der Waals surface area contributed by atoms with Gasteiger partial charge in [0.05, 0.1) is 0 Å². The van der Waals surface area contributed by atoms with Gasteiger partial charge in [-0.05, 0) is 0 Å². The molecule has 0 radical (unpaired) electrons. The van der Waals surface area contributed by atoms with Crippen LogP contribution in [0, 0.1) is 0 Å². The molecule has 0 unspecified atom stereocenters. The molecule has 0 aliphatic rings. The summed E-state index contributed by atoms with van der Waals surface area (Å²) < 4.78 is 0. The van der Waals surface area contributed by atoms with Crippen molar-refractivity contribution in [1.82, 2.24) is 6.15 Å². The summed E-state index contributed by atoms with van der Waals surface area (Å²) in [5, 5.41) is 0. The molecular weight excluding hydrogens is 101 g/mol. The molecule has 0 aliphatic heterocycles. The fourth-order valence-corrected chi connectivity index (χ4v) is 0. The standard InChI is InChI=1S/H3N.Na.4H2O.H/h1H3;;4*1H2;/q;+1;;;;;-1. The van der Waals surface area contributed by atoms with E-state index in [-0.39, 0.29) is 59.0 Å². The Morgan fingerprint density at radius 3 is 0.667 bits per heavy atom. The maximum atomic E-state index is 0. The van der Waals surface area contributed by atoms with E-state index < -0.39 is 0 Å². The number of rotatable bonds is 0. The van der Waals surface area contributed by atoms with Crippen LogP contribution in [0.15, 0.2) is 0 Å². The van der Waals surface area contributed by atoms with Gasteiger partial charge in [0.2, 0.25) is 0 Å². The molecule has 0 aromatic carbocycles. The van der Waals surface area contributed by atoms with Crippen molar-refractivity contribution in [3.8, 4) is 0 Å². The second-order valence-corrected chi connectivity index (χ2v) is 0. The Morgan fingerprint density at radius 2 is 0.667 bits per heavy atom. The van der Waals surface area contributed by atoms with E-state index in [0.29, 0.717) is 0 Å². The van der Waals surface area contributed by atoms with Gasteiger partial charge in [0, 0.05) is 0 Å². The van der Waals surface area contributed by atoms with E-state index in [1.165, 1.54) is 0 Å². The normalized spacial score (nSPS) is 0. The fraction of sp³-hybridized carbons (Fsp3) is 0. The van der Waals surface area contributed by atoms with Gasteiger partial charge in [0.1, 0.15) is 0 Å². The van der Waals surface area contributed by atoms with Crippen LogP contribution in [0.5, 0.6) is 0 Å². The zero-order chi connectivity index (χ0) is 0. The number of hydrogen-bond donors (Lipinski definition) is 1. The zero-order valence-corrected chi connectivity index (χ0v) is 5.71. The van der Waals surface area contributed by atoms with Crippen LogP contribution in [0.2, 0.25) is 0 Å². The molecule has 6 heavy (non-hydrogen) atoms. The minimum absolute atomic E-state index is 0. The van der Waals surface area contributed by atoms with E-state index >= 15 is 0 Å². The van der Waals surface area contributed by atoms with Gasteiger partial charge in [0.25, 0.3) is 0 Å². The molecule has 0 atom stereocenters. The van der Waals surface area contributed by atoms with Crippen LogP contribution < -0.4 is 35.7 Å². The van der Waals surface area contributed by atoms with Crippen LogP contribution in [-0.2, 0) is 0 Å². The second-order valence-electron chi connectivity index (χ2n) is 0. The molecule has 11 N–H and O–H groups in total. The summed E-state index contributed by atoms with van der Waals surface area (Å²) in [6.07, 6.45) is 0. The van der Waals surface area contributed by atoms with Crippen LogP contribution >= 0.6 is 0 Å². The van der Waals surface area contributed by atoms with Gasteiger partial charge in [-0.2, -0.15) is 0 Å². The summed E-state index contributed by atoms with van der Waals surface area (Å²) in [5.41, 5.74) is 0. The summed E-state index contributed by atoms with van der Waals surface area (Å²) >= 11 is 0. The SMILES string of the molecule is N.O.O.O.O.[H-].[Na+]. The monoisotopic (exact) mass is 113 g/mol. The van der Waals surface area contributed by atoms with Crippen LogP contribution in [0.25, 0.3) is 0 Å². The molecule has 0 heterocycles. The van der Waals surface area contributed by atoms with Crippen molar-refractivity contribution in [1.29, 1.82) is 0 Å². The van der Waals surface area contributed by atoms with E-state index in [9.17, 15) is 0 Å². The molecule has 0 fully saturated rings. The van der Waals surface area contributed by atoms with Crippen molar-refractivity contribution in [2.24, 2.45) is 0 Å². The van der Waals surface area contributed by atoms with Gasteiger partial charge in [-0.25, -0.2) is 0 Å². The third-order valence-electron chi connectivity index (χ3n) is 0. The van der Waals surface area contributed by atoms with E-state index in [2.05, 4.69) is 0 Å². The van der Waals surface area contributed by atoms with E-state index in [1.54, 1.807) is 0 Å². The first-order valence-electron chi connectivity index (χ1n) is 0. The molecule has 0 bridgehead atoms. The van der Waals surface area contributed by atoms with Gasteiger partial charge in [-0.3, -0.25) is 0 Å². The van der Waals surface area contributed by atoms with Gasteiger partial charge < -0.3 is 29.5 Å². The van der Waals surface area contributed by atoms with Crippen LogP contribution in [-0.4, -0.2) is 21.9 Å². The quantitative estimate of drug-likeness (QED) is 0.304. The van der Waals surface area contributed by atoms with Crippen LogP contribution in [0.3, 0.4) is 0 Å². The van der Waals surface area contributed by atoms with Gasteiger partial charge in [-0.1, -0.05) is 0 Å². The third kappa shape index (κ3) is 108. The summed E-state index contributed by atoms with van der Waals surface area (Å²) in [6, 6.07) is 0. The molecular formula is H12NNaO4. The summed E-state index contributed by atoms with van der Waals surface area (Å²) in [6.45, 7) is 0. The maximum Gasteiger partial charge on any atom is 1.00 e.